The van der Waals surface area contributed by atoms with Crippen LogP contribution in [0, 0.1) is 0 Å². The molecular formula is C10H20BiCl4Fe-. The first-order chi connectivity index (χ1) is 7.00. The van der Waals surface area contributed by atoms with E-state index in [2.05, 4.69) is 0 Å². The summed E-state index contributed by atoms with van der Waals surface area (Å²) in [5.74, 6) is 0. The molecule has 0 nitrogen and oxygen atoms in total. The fourth-order valence-electron chi connectivity index (χ4n) is 1.77. The molecule has 2 rings (SSSR count). The van der Waals surface area contributed by atoms with E-state index < -0.39 is 15.5 Å². The first-order valence-corrected chi connectivity index (χ1v) is 22.8. The monoisotopic (exact) mass is 545 g/mol. The molecule has 0 heterocycles. The molecule has 6 heteroatoms. The van der Waals surface area contributed by atoms with Crippen LogP contribution in [0.3, 0.4) is 0 Å². The van der Waals surface area contributed by atoms with Gasteiger partial charge in [-0.1, -0.05) is 64.2 Å². The van der Waals surface area contributed by atoms with Crippen molar-refractivity contribution in [2.24, 2.45) is 0 Å². The van der Waals surface area contributed by atoms with Gasteiger partial charge in [0, 0.05) is 17.1 Å². The molecule has 16 heavy (non-hydrogen) atoms. The third kappa shape index (κ3) is 25.4. The first kappa shape index (κ1) is 20.9. The predicted molar refractivity (Wildman–Crippen MR) is 75.3 cm³/mol. The van der Waals surface area contributed by atoms with E-state index in [1.807, 2.05) is 0 Å². The van der Waals surface area contributed by atoms with Crippen molar-refractivity contribution in [3.63, 3.8) is 0 Å². The van der Waals surface area contributed by atoms with E-state index in [-0.39, 0.29) is 17.1 Å². The van der Waals surface area contributed by atoms with E-state index in [9.17, 15) is 0 Å². The molecule has 0 aromatic carbocycles. The molecule has 0 aromatic rings. The topological polar surface area (TPSA) is 0 Å². The second-order valence-electron chi connectivity index (χ2n) is 3.92. The third-order valence-corrected chi connectivity index (χ3v) is 2.50. The third-order valence-electron chi connectivity index (χ3n) is 2.50. The summed E-state index contributed by atoms with van der Waals surface area (Å²) in [6.07, 6.45) is 15.0. The molecule has 0 amide bonds. The molecule has 0 aliphatic heterocycles. The van der Waals surface area contributed by atoms with Gasteiger partial charge in [-0.15, -0.1) is 0 Å². The van der Waals surface area contributed by atoms with E-state index in [1.54, 1.807) is 0 Å². The van der Waals surface area contributed by atoms with Crippen LogP contribution in [-0.4, -0.2) is 15.5 Å². The van der Waals surface area contributed by atoms with Gasteiger partial charge in [0.25, 0.3) is 0 Å². The van der Waals surface area contributed by atoms with Gasteiger partial charge in [0.1, 0.15) is 0 Å². The maximum atomic E-state index is 5.04. The van der Waals surface area contributed by atoms with Crippen molar-refractivity contribution in [3.05, 3.63) is 0 Å². The molecular weight excluding hydrogens is 527 g/mol. The minimum Gasteiger partial charge on any atom is 0 e. The van der Waals surface area contributed by atoms with E-state index in [4.69, 9.17) is 34.1 Å². The summed E-state index contributed by atoms with van der Waals surface area (Å²) in [6, 6.07) is 0. The van der Waals surface area contributed by atoms with Crippen LogP contribution in [0.15, 0.2) is 0 Å². The Hall–Kier alpha value is 2.56. The molecule has 0 bridgehead atoms. The van der Waals surface area contributed by atoms with Gasteiger partial charge in [-0.3, -0.25) is 0 Å². The summed E-state index contributed by atoms with van der Waals surface area (Å²) >= 11 is -3.33. The smallest absolute Gasteiger partial charge is 0 e. The van der Waals surface area contributed by atoms with Gasteiger partial charge in [0.05, 0.1) is 0 Å². The zero-order valence-corrected chi connectivity index (χ0v) is 17.0. The maximum absolute atomic E-state index is 5.04. The molecule has 0 spiro atoms. The van der Waals surface area contributed by atoms with E-state index in [1.165, 1.54) is 64.2 Å². The van der Waals surface area contributed by atoms with Crippen LogP contribution in [0.4, 0.5) is 0 Å². The van der Waals surface area contributed by atoms with Gasteiger partial charge in [-0.05, 0) is 0 Å². The summed E-state index contributed by atoms with van der Waals surface area (Å²) in [7, 11) is 20.2. The summed E-state index contributed by atoms with van der Waals surface area (Å²) in [4.78, 5) is 0. The van der Waals surface area contributed by atoms with Crippen molar-refractivity contribution in [3.8, 4) is 0 Å². The summed E-state index contributed by atoms with van der Waals surface area (Å²) < 4.78 is 0. The Kier molecular flexibility index (Phi) is 18.2. The van der Waals surface area contributed by atoms with Gasteiger partial charge in [-0.2, -0.15) is 0 Å². The molecule has 102 valence electrons. The minimum absolute atomic E-state index is 0. The average molecular weight is 547 g/mol. The van der Waals surface area contributed by atoms with Gasteiger partial charge < -0.3 is 0 Å². The fourth-order valence-corrected chi connectivity index (χ4v) is 1.77. The average Bonchev–Trinajstić information content (AvgIpc) is 2.81. The molecule has 0 radical (unpaired) electrons. The first-order valence-electron chi connectivity index (χ1n) is 5.68. The van der Waals surface area contributed by atoms with Gasteiger partial charge in [-0.25, -0.2) is 0 Å². The Labute approximate surface area is 129 Å². The van der Waals surface area contributed by atoms with Gasteiger partial charge >= 0.3 is 49.5 Å². The molecule has 0 N–H and O–H groups in total. The minimum atomic E-state index is -3.33. The van der Waals surface area contributed by atoms with Crippen LogP contribution in [0.5, 0.6) is 0 Å². The van der Waals surface area contributed by atoms with Gasteiger partial charge in [0.15, 0.2) is 0 Å². The summed E-state index contributed by atoms with van der Waals surface area (Å²) in [6.45, 7) is 0. The summed E-state index contributed by atoms with van der Waals surface area (Å²) in [5.41, 5.74) is 0. The van der Waals surface area contributed by atoms with Crippen molar-refractivity contribution in [1.82, 2.24) is 0 Å². The fraction of sp³-hybridized carbons (Fsp3) is 1.00. The van der Waals surface area contributed by atoms with Gasteiger partial charge in [0.2, 0.25) is 0 Å². The Morgan fingerprint density at radius 3 is 0.562 bits per heavy atom. The molecule has 2 saturated carbocycles. The zero-order chi connectivity index (χ0) is 11.6. The molecule has 0 unspecified atom stereocenters. The van der Waals surface area contributed by atoms with Crippen molar-refractivity contribution in [2.75, 3.05) is 0 Å². The Morgan fingerprint density at radius 2 is 0.500 bits per heavy atom. The molecule has 0 aromatic heterocycles. The molecule has 0 atom stereocenters. The Morgan fingerprint density at radius 1 is 0.438 bits per heavy atom. The maximum Gasteiger partial charge on any atom is 0 e. The van der Waals surface area contributed by atoms with Crippen molar-refractivity contribution in [2.45, 2.75) is 64.2 Å². The Bertz CT molecular complexity index is 102. The second-order valence-corrected chi connectivity index (χ2v) is 33.8. The largest absolute Gasteiger partial charge is 0 e. The van der Waals surface area contributed by atoms with Crippen molar-refractivity contribution in [1.29, 1.82) is 0 Å². The Balaban J connectivity index is 0. The van der Waals surface area contributed by atoms with E-state index >= 15 is 0 Å². The summed E-state index contributed by atoms with van der Waals surface area (Å²) in [5, 5.41) is 0. The van der Waals surface area contributed by atoms with Crippen LogP contribution >= 0.6 is 34.1 Å². The quantitative estimate of drug-likeness (QED) is 0.314. The number of halogens is 4. The SMILES string of the molecule is C1CCCC1.C1CCCC1.[Cl][Bi-]([Cl])([Cl])[Cl].[Fe]. The normalized spacial score (nSPS) is 19.8. The number of hydrogen-bond acceptors (Lipinski definition) is 0. The van der Waals surface area contributed by atoms with Crippen molar-refractivity contribution >= 4 is 49.5 Å². The standard InChI is InChI=1S/2C5H10.Bi.4ClH.Fe/c2*1-2-4-5-3-1;;;;;;/h2*1-5H2;;4*1H;/q;;+3;;;;;/p-4. The molecule has 2 fully saturated rings. The van der Waals surface area contributed by atoms with Crippen LogP contribution < -0.4 is 0 Å². The van der Waals surface area contributed by atoms with Crippen LogP contribution in [0.25, 0.3) is 0 Å². The predicted octanol–water partition coefficient (Wildman–Crippen LogP) is 6.28. The van der Waals surface area contributed by atoms with Crippen molar-refractivity contribution < 1.29 is 17.1 Å². The number of hydrogen-bond donors (Lipinski definition) is 0. The van der Waals surface area contributed by atoms with E-state index in [0.29, 0.717) is 0 Å². The number of rotatable bonds is 0. The van der Waals surface area contributed by atoms with Crippen LogP contribution in [0.2, 0.25) is 0 Å². The molecule has 0 saturated heterocycles. The van der Waals surface area contributed by atoms with Crippen LogP contribution in [0.1, 0.15) is 64.2 Å². The van der Waals surface area contributed by atoms with Crippen LogP contribution in [-0.2, 0) is 17.1 Å². The zero-order valence-electron chi connectivity index (χ0n) is 9.38. The van der Waals surface area contributed by atoms with E-state index in [0.717, 1.165) is 0 Å². The molecule has 2 aliphatic carbocycles. The second kappa shape index (κ2) is 14.0. The molecule has 2 aliphatic rings.